The van der Waals surface area contributed by atoms with Crippen LogP contribution >= 0.6 is 0 Å². The second kappa shape index (κ2) is 7.40. The van der Waals surface area contributed by atoms with Crippen molar-refractivity contribution >= 4 is 17.9 Å². The first-order chi connectivity index (χ1) is 12.7. The Labute approximate surface area is 153 Å². The second-order valence-electron chi connectivity index (χ2n) is 7.01. The zero-order chi connectivity index (χ0) is 17.9. The summed E-state index contributed by atoms with van der Waals surface area (Å²) >= 11 is 0. The van der Waals surface area contributed by atoms with Gasteiger partial charge in [0.2, 0.25) is 11.8 Å². The van der Waals surface area contributed by atoms with Gasteiger partial charge in [0.1, 0.15) is 0 Å². The van der Waals surface area contributed by atoms with Gasteiger partial charge in [0.25, 0.3) is 0 Å². The number of carbonyl (C=O) groups excluding carboxylic acids is 2. The third-order valence-electron chi connectivity index (χ3n) is 5.02. The molecule has 0 unspecified atom stereocenters. The fourth-order valence-electron chi connectivity index (χ4n) is 3.29. The average Bonchev–Trinajstić information content (AvgIpc) is 3.52. The first-order valence-electron chi connectivity index (χ1n) is 9.36. The molecule has 0 radical (unpaired) electrons. The topological polar surface area (TPSA) is 59.1 Å². The SMILES string of the molecule is O=C(C=Cc1ccc2c(c1)OCCCO2)N1CCN(C(=O)C2CC2)CC1. The molecule has 1 saturated carbocycles. The summed E-state index contributed by atoms with van der Waals surface area (Å²) in [6, 6.07) is 5.70. The normalized spacial score (nSPS) is 20.2. The van der Waals surface area contributed by atoms with Crippen LogP contribution in [0.2, 0.25) is 0 Å². The molecule has 4 rings (SSSR count). The number of nitrogens with zero attached hydrogens (tertiary/aromatic N) is 2. The third-order valence-corrected chi connectivity index (χ3v) is 5.02. The van der Waals surface area contributed by atoms with Crippen molar-refractivity contribution in [1.82, 2.24) is 9.80 Å². The highest BCUT2D eigenvalue weighted by atomic mass is 16.5. The van der Waals surface area contributed by atoms with E-state index in [0.29, 0.717) is 39.4 Å². The van der Waals surface area contributed by atoms with Crippen molar-refractivity contribution < 1.29 is 19.1 Å². The van der Waals surface area contributed by atoms with Crippen molar-refractivity contribution in [1.29, 1.82) is 0 Å². The molecule has 1 saturated heterocycles. The van der Waals surface area contributed by atoms with E-state index < -0.39 is 0 Å². The Morgan fingerprint density at radius 2 is 1.65 bits per heavy atom. The number of fused-ring (bicyclic) bond motifs is 1. The Balaban J connectivity index is 1.33. The molecule has 1 aromatic carbocycles. The maximum Gasteiger partial charge on any atom is 0.246 e. The molecule has 26 heavy (non-hydrogen) atoms. The minimum atomic E-state index is -0.0179. The number of piperazine rings is 1. The number of ether oxygens (including phenoxy) is 2. The summed E-state index contributed by atoms with van der Waals surface area (Å²) in [6.07, 6.45) is 6.32. The fraction of sp³-hybridized carbons (Fsp3) is 0.500. The summed E-state index contributed by atoms with van der Waals surface area (Å²) in [5.74, 6) is 1.97. The Morgan fingerprint density at radius 3 is 2.38 bits per heavy atom. The van der Waals surface area contributed by atoms with Gasteiger partial charge in [-0.2, -0.15) is 0 Å². The molecule has 0 aromatic heterocycles. The van der Waals surface area contributed by atoms with E-state index in [4.69, 9.17) is 9.47 Å². The smallest absolute Gasteiger partial charge is 0.246 e. The number of hydrogen-bond acceptors (Lipinski definition) is 4. The van der Waals surface area contributed by atoms with Crippen molar-refractivity contribution in [3.05, 3.63) is 29.8 Å². The number of rotatable bonds is 3. The van der Waals surface area contributed by atoms with E-state index in [1.807, 2.05) is 23.1 Å². The molecule has 1 aliphatic carbocycles. The van der Waals surface area contributed by atoms with Crippen LogP contribution in [-0.2, 0) is 9.59 Å². The molecule has 0 atom stereocenters. The average molecular weight is 356 g/mol. The van der Waals surface area contributed by atoms with E-state index in [2.05, 4.69) is 0 Å². The van der Waals surface area contributed by atoms with Crippen molar-refractivity contribution in [2.24, 2.45) is 5.92 Å². The van der Waals surface area contributed by atoms with E-state index in [9.17, 15) is 9.59 Å². The monoisotopic (exact) mass is 356 g/mol. The first-order valence-corrected chi connectivity index (χ1v) is 9.36. The Kier molecular flexibility index (Phi) is 4.82. The highest BCUT2D eigenvalue weighted by molar-refractivity contribution is 5.92. The maximum atomic E-state index is 12.4. The minimum Gasteiger partial charge on any atom is -0.490 e. The molecule has 2 amide bonds. The third kappa shape index (κ3) is 3.84. The number of hydrogen-bond donors (Lipinski definition) is 0. The zero-order valence-corrected chi connectivity index (χ0v) is 14.9. The van der Waals surface area contributed by atoms with Crippen LogP contribution < -0.4 is 9.47 Å². The van der Waals surface area contributed by atoms with Gasteiger partial charge in [0, 0.05) is 44.6 Å². The summed E-state index contributed by atoms with van der Waals surface area (Å²) in [7, 11) is 0. The molecule has 138 valence electrons. The zero-order valence-electron chi connectivity index (χ0n) is 14.9. The fourth-order valence-corrected chi connectivity index (χ4v) is 3.29. The van der Waals surface area contributed by atoms with Crippen LogP contribution in [0.1, 0.15) is 24.8 Å². The van der Waals surface area contributed by atoms with Crippen LogP contribution in [0.15, 0.2) is 24.3 Å². The quantitative estimate of drug-likeness (QED) is 0.777. The molecule has 2 aliphatic heterocycles. The molecule has 2 fully saturated rings. The van der Waals surface area contributed by atoms with Gasteiger partial charge in [0.05, 0.1) is 13.2 Å². The van der Waals surface area contributed by atoms with E-state index in [-0.39, 0.29) is 17.7 Å². The molecular formula is C20H24N2O4. The van der Waals surface area contributed by atoms with Crippen LogP contribution in [0.25, 0.3) is 6.08 Å². The van der Waals surface area contributed by atoms with Gasteiger partial charge in [-0.15, -0.1) is 0 Å². The van der Waals surface area contributed by atoms with Crippen LogP contribution in [-0.4, -0.2) is 61.0 Å². The predicted octanol–water partition coefficient (Wildman–Crippen LogP) is 1.94. The highest BCUT2D eigenvalue weighted by Crippen LogP contribution is 2.32. The molecule has 6 heteroatoms. The Hall–Kier alpha value is -2.50. The van der Waals surface area contributed by atoms with E-state index in [0.717, 1.165) is 36.3 Å². The van der Waals surface area contributed by atoms with Crippen molar-refractivity contribution in [3.8, 4) is 11.5 Å². The molecule has 1 aromatic rings. The molecule has 2 heterocycles. The van der Waals surface area contributed by atoms with Crippen molar-refractivity contribution in [2.75, 3.05) is 39.4 Å². The number of amides is 2. The number of carbonyl (C=O) groups is 2. The van der Waals surface area contributed by atoms with Crippen LogP contribution in [0, 0.1) is 5.92 Å². The number of benzene rings is 1. The standard InChI is InChI=1S/C20H24N2O4/c23-19(21-8-10-22(11-9-21)20(24)16-4-5-16)7-3-15-2-6-17-18(14-15)26-13-1-12-25-17/h2-3,6-7,14,16H,1,4-5,8-13H2. The highest BCUT2D eigenvalue weighted by Gasteiger charge is 2.34. The van der Waals surface area contributed by atoms with Gasteiger partial charge in [-0.3, -0.25) is 9.59 Å². The minimum absolute atomic E-state index is 0.0179. The summed E-state index contributed by atoms with van der Waals surface area (Å²) in [5.41, 5.74) is 0.908. The van der Waals surface area contributed by atoms with Crippen molar-refractivity contribution in [2.45, 2.75) is 19.3 Å². The summed E-state index contributed by atoms with van der Waals surface area (Å²) in [6.45, 7) is 3.78. The van der Waals surface area contributed by atoms with E-state index >= 15 is 0 Å². The lowest BCUT2D eigenvalue weighted by Crippen LogP contribution is -2.50. The van der Waals surface area contributed by atoms with Crippen molar-refractivity contribution in [3.63, 3.8) is 0 Å². The molecule has 0 bridgehead atoms. The molecule has 3 aliphatic rings. The maximum absolute atomic E-state index is 12.4. The lowest BCUT2D eigenvalue weighted by atomic mass is 10.2. The summed E-state index contributed by atoms with van der Waals surface area (Å²) in [4.78, 5) is 28.2. The summed E-state index contributed by atoms with van der Waals surface area (Å²) in [5, 5.41) is 0. The lowest BCUT2D eigenvalue weighted by Gasteiger charge is -2.34. The molecule has 0 N–H and O–H groups in total. The second-order valence-corrected chi connectivity index (χ2v) is 7.01. The van der Waals surface area contributed by atoms with Gasteiger partial charge < -0.3 is 19.3 Å². The van der Waals surface area contributed by atoms with Gasteiger partial charge in [0.15, 0.2) is 11.5 Å². The molecule has 6 nitrogen and oxygen atoms in total. The molecular weight excluding hydrogens is 332 g/mol. The Morgan fingerprint density at radius 1 is 0.962 bits per heavy atom. The van der Waals surface area contributed by atoms with Crippen LogP contribution in [0.3, 0.4) is 0 Å². The van der Waals surface area contributed by atoms with Crippen LogP contribution in [0.5, 0.6) is 11.5 Å². The van der Waals surface area contributed by atoms with Gasteiger partial charge in [-0.1, -0.05) is 6.07 Å². The van der Waals surface area contributed by atoms with E-state index in [1.54, 1.807) is 17.1 Å². The van der Waals surface area contributed by atoms with Gasteiger partial charge >= 0.3 is 0 Å². The lowest BCUT2D eigenvalue weighted by molar-refractivity contribution is -0.138. The van der Waals surface area contributed by atoms with Crippen LogP contribution in [0.4, 0.5) is 0 Å². The van der Waals surface area contributed by atoms with Gasteiger partial charge in [-0.05, 0) is 36.6 Å². The largest absolute Gasteiger partial charge is 0.490 e. The van der Waals surface area contributed by atoms with E-state index in [1.165, 1.54) is 0 Å². The van der Waals surface area contributed by atoms with Gasteiger partial charge in [-0.25, -0.2) is 0 Å². The molecule has 0 spiro atoms. The predicted molar refractivity (Wildman–Crippen MR) is 97.0 cm³/mol. The first kappa shape index (κ1) is 16.9. The Bertz CT molecular complexity index is 719. The summed E-state index contributed by atoms with van der Waals surface area (Å²) < 4.78 is 11.3.